The number of guanidine groups is 1. The zero-order valence-corrected chi connectivity index (χ0v) is 15.9. The minimum absolute atomic E-state index is 0.284. The monoisotopic (exact) mass is 365 g/mol. The van der Waals surface area contributed by atoms with Gasteiger partial charge in [0, 0.05) is 36.8 Å². The van der Waals surface area contributed by atoms with Gasteiger partial charge in [-0.25, -0.2) is 9.38 Å². The Kier molecular flexibility index (Phi) is 6.42. The van der Waals surface area contributed by atoms with E-state index in [4.69, 9.17) is 11.6 Å². The van der Waals surface area contributed by atoms with Crippen molar-refractivity contribution in [3.63, 3.8) is 0 Å². The van der Waals surface area contributed by atoms with E-state index in [1.165, 1.54) is 12.1 Å². The van der Waals surface area contributed by atoms with Crippen LogP contribution in [0.25, 0.3) is 0 Å². The second kappa shape index (κ2) is 8.34. The SMILES string of the molecule is CCNC(=NCc1ccnn1C)NCC(C)(C)c1ccc(F)cc1Cl. The van der Waals surface area contributed by atoms with Crippen molar-refractivity contribution in [1.29, 1.82) is 0 Å². The third-order valence-electron chi connectivity index (χ3n) is 4.02. The van der Waals surface area contributed by atoms with E-state index in [1.54, 1.807) is 16.9 Å². The van der Waals surface area contributed by atoms with Gasteiger partial charge < -0.3 is 10.6 Å². The Labute approximate surface area is 153 Å². The molecule has 0 bridgehead atoms. The lowest BCUT2D eigenvalue weighted by molar-refractivity contribution is 0.507. The van der Waals surface area contributed by atoms with E-state index in [-0.39, 0.29) is 11.2 Å². The van der Waals surface area contributed by atoms with Crippen LogP contribution in [-0.4, -0.2) is 28.8 Å². The van der Waals surface area contributed by atoms with Crippen molar-refractivity contribution < 1.29 is 4.39 Å². The Balaban J connectivity index is 2.07. The van der Waals surface area contributed by atoms with Gasteiger partial charge in [0.25, 0.3) is 0 Å². The molecular weight excluding hydrogens is 341 g/mol. The van der Waals surface area contributed by atoms with Crippen molar-refractivity contribution in [3.05, 3.63) is 52.6 Å². The van der Waals surface area contributed by atoms with Crippen LogP contribution >= 0.6 is 11.6 Å². The number of rotatable bonds is 6. The summed E-state index contributed by atoms with van der Waals surface area (Å²) in [6.07, 6.45) is 1.75. The summed E-state index contributed by atoms with van der Waals surface area (Å²) in [5.74, 6) is 0.388. The molecule has 2 N–H and O–H groups in total. The average Bonchev–Trinajstić information content (AvgIpc) is 2.95. The highest BCUT2D eigenvalue weighted by Gasteiger charge is 2.24. The first-order chi connectivity index (χ1) is 11.8. The predicted octanol–water partition coefficient (Wildman–Crippen LogP) is 3.25. The fraction of sp³-hybridized carbons (Fsp3) is 0.444. The Morgan fingerprint density at radius 1 is 1.32 bits per heavy atom. The molecule has 0 amide bonds. The van der Waals surface area contributed by atoms with Crippen LogP contribution in [0.15, 0.2) is 35.5 Å². The van der Waals surface area contributed by atoms with E-state index in [0.717, 1.165) is 23.8 Å². The number of hydrogen-bond acceptors (Lipinski definition) is 2. The van der Waals surface area contributed by atoms with Crippen LogP contribution in [-0.2, 0) is 19.0 Å². The molecule has 1 aromatic heterocycles. The lowest BCUT2D eigenvalue weighted by Crippen LogP contribution is -2.43. The van der Waals surface area contributed by atoms with Crippen molar-refractivity contribution in [2.45, 2.75) is 32.7 Å². The molecule has 2 aromatic rings. The first-order valence-corrected chi connectivity index (χ1v) is 8.66. The van der Waals surface area contributed by atoms with Crippen LogP contribution in [0, 0.1) is 5.82 Å². The van der Waals surface area contributed by atoms with Crippen LogP contribution in [0.3, 0.4) is 0 Å². The number of nitrogens with one attached hydrogen (secondary N) is 2. The van der Waals surface area contributed by atoms with Crippen LogP contribution in [0.2, 0.25) is 5.02 Å². The predicted molar refractivity (Wildman–Crippen MR) is 100 cm³/mol. The first-order valence-electron chi connectivity index (χ1n) is 8.28. The quantitative estimate of drug-likeness (QED) is 0.610. The maximum Gasteiger partial charge on any atom is 0.191 e. The zero-order valence-electron chi connectivity index (χ0n) is 15.1. The molecule has 0 aliphatic rings. The molecule has 0 unspecified atom stereocenters. The summed E-state index contributed by atoms with van der Waals surface area (Å²) in [6, 6.07) is 6.46. The minimum Gasteiger partial charge on any atom is -0.357 e. The number of nitrogens with zero attached hydrogens (tertiary/aromatic N) is 3. The lowest BCUT2D eigenvalue weighted by Gasteiger charge is -2.27. The second-order valence-electron chi connectivity index (χ2n) is 6.50. The molecule has 5 nitrogen and oxygen atoms in total. The Hall–Kier alpha value is -2.08. The summed E-state index contributed by atoms with van der Waals surface area (Å²) < 4.78 is 15.1. The summed E-state index contributed by atoms with van der Waals surface area (Å²) in [5.41, 5.74) is 1.64. The smallest absolute Gasteiger partial charge is 0.191 e. The highest BCUT2D eigenvalue weighted by atomic mass is 35.5. The van der Waals surface area contributed by atoms with E-state index in [2.05, 4.69) is 34.6 Å². The molecule has 0 radical (unpaired) electrons. The third-order valence-corrected chi connectivity index (χ3v) is 4.34. The molecule has 2 rings (SSSR count). The van der Waals surface area contributed by atoms with Gasteiger partial charge in [0.05, 0.1) is 12.2 Å². The number of aliphatic imine (C=N–C) groups is 1. The van der Waals surface area contributed by atoms with Gasteiger partial charge in [-0.3, -0.25) is 4.68 Å². The normalized spacial score (nSPS) is 12.3. The number of halogens is 2. The molecule has 1 aromatic carbocycles. The maximum atomic E-state index is 13.3. The van der Waals surface area contributed by atoms with Gasteiger partial charge >= 0.3 is 0 Å². The maximum absolute atomic E-state index is 13.3. The van der Waals surface area contributed by atoms with Gasteiger partial charge in [0.2, 0.25) is 0 Å². The summed E-state index contributed by atoms with van der Waals surface area (Å²) in [6.45, 7) is 8.03. The minimum atomic E-state index is -0.330. The number of hydrogen-bond donors (Lipinski definition) is 2. The molecule has 25 heavy (non-hydrogen) atoms. The molecule has 0 aliphatic carbocycles. The molecule has 0 atom stereocenters. The van der Waals surface area contributed by atoms with Crippen molar-refractivity contribution in [3.8, 4) is 0 Å². The molecular formula is C18H25ClFN5. The second-order valence-corrected chi connectivity index (χ2v) is 6.91. The first kappa shape index (κ1) is 19.2. The van der Waals surface area contributed by atoms with Gasteiger partial charge in [0.1, 0.15) is 5.82 Å². The van der Waals surface area contributed by atoms with Crippen molar-refractivity contribution in [2.75, 3.05) is 13.1 Å². The van der Waals surface area contributed by atoms with E-state index >= 15 is 0 Å². The summed E-state index contributed by atoms with van der Waals surface area (Å²) in [5, 5.41) is 11.1. The van der Waals surface area contributed by atoms with Crippen molar-refractivity contribution in [1.82, 2.24) is 20.4 Å². The average molecular weight is 366 g/mol. The van der Waals surface area contributed by atoms with Crippen LogP contribution in [0.1, 0.15) is 32.0 Å². The number of aryl methyl sites for hydroxylation is 1. The Bertz CT molecular complexity index is 739. The lowest BCUT2D eigenvalue weighted by atomic mass is 9.84. The van der Waals surface area contributed by atoms with Gasteiger partial charge in [-0.2, -0.15) is 5.10 Å². The van der Waals surface area contributed by atoms with E-state index in [1.807, 2.05) is 20.0 Å². The van der Waals surface area contributed by atoms with Crippen molar-refractivity contribution >= 4 is 17.6 Å². The molecule has 7 heteroatoms. The van der Waals surface area contributed by atoms with Crippen LogP contribution in [0.4, 0.5) is 4.39 Å². The Morgan fingerprint density at radius 2 is 2.08 bits per heavy atom. The fourth-order valence-corrected chi connectivity index (χ4v) is 2.92. The van der Waals surface area contributed by atoms with Crippen molar-refractivity contribution in [2.24, 2.45) is 12.0 Å². The third kappa shape index (κ3) is 5.19. The standard InChI is InChI=1S/C18H25ClFN5/c1-5-21-17(22-11-14-8-9-24-25(14)4)23-12-18(2,3)15-7-6-13(20)10-16(15)19/h6-10H,5,11-12H2,1-4H3,(H2,21,22,23). The van der Waals surface area contributed by atoms with Gasteiger partial charge in [0.15, 0.2) is 5.96 Å². The highest BCUT2D eigenvalue weighted by molar-refractivity contribution is 6.31. The fourth-order valence-electron chi connectivity index (χ4n) is 2.50. The van der Waals surface area contributed by atoms with Gasteiger partial charge in [-0.15, -0.1) is 0 Å². The number of benzene rings is 1. The molecule has 136 valence electrons. The summed E-state index contributed by atoms with van der Waals surface area (Å²) >= 11 is 6.21. The van der Waals surface area contributed by atoms with E-state index < -0.39 is 0 Å². The topological polar surface area (TPSA) is 54.2 Å². The number of aromatic nitrogens is 2. The molecule has 0 saturated heterocycles. The molecule has 0 aliphatic heterocycles. The molecule has 0 spiro atoms. The van der Waals surface area contributed by atoms with Crippen LogP contribution in [0.5, 0.6) is 0 Å². The molecule has 1 heterocycles. The van der Waals surface area contributed by atoms with E-state index in [0.29, 0.717) is 18.1 Å². The molecule has 0 saturated carbocycles. The van der Waals surface area contributed by atoms with Crippen LogP contribution < -0.4 is 10.6 Å². The highest BCUT2D eigenvalue weighted by Crippen LogP contribution is 2.29. The summed E-state index contributed by atoms with van der Waals surface area (Å²) in [4.78, 5) is 4.59. The summed E-state index contributed by atoms with van der Waals surface area (Å²) in [7, 11) is 1.89. The zero-order chi connectivity index (χ0) is 18.4. The molecule has 0 fully saturated rings. The van der Waals surface area contributed by atoms with Gasteiger partial charge in [-0.1, -0.05) is 31.5 Å². The van der Waals surface area contributed by atoms with E-state index in [9.17, 15) is 4.39 Å². The Morgan fingerprint density at radius 3 is 2.68 bits per heavy atom. The van der Waals surface area contributed by atoms with Gasteiger partial charge in [-0.05, 0) is 30.7 Å². The largest absolute Gasteiger partial charge is 0.357 e.